The number of guanidine groups is 1. The summed E-state index contributed by atoms with van der Waals surface area (Å²) >= 11 is 0. The number of rotatable bonds is 8. The van der Waals surface area contributed by atoms with Gasteiger partial charge in [0.05, 0.1) is 4.90 Å². The van der Waals surface area contributed by atoms with Crippen molar-refractivity contribution in [1.82, 2.24) is 10.6 Å². The third-order valence-corrected chi connectivity index (χ3v) is 5.19. The minimum absolute atomic E-state index is 0. The molecule has 5 nitrogen and oxygen atoms in total. The van der Waals surface area contributed by atoms with Gasteiger partial charge in [-0.15, -0.1) is 24.0 Å². The van der Waals surface area contributed by atoms with Crippen molar-refractivity contribution in [3.8, 4) is 0 Å². The van der Waals surface area contributed by atoms with E-state index in [2.05, 4.69) is 15.6 Å². The van der Waals surface area contributed by atoms with Crippen LogP contribution in [0, 0.1) is 5.92 Å². The van der Waals surface area contributed by atoms with Gasteiger partial charge < -0.3 is 10.6 Å². The van der Waals surface area contributed by atoms with Gasteiger partial charge in [-0.1, -0.05) is 25.0 Å². The van der Waals surface area contributed by atoms with Crippen LogP contribution in [-0.2, 0) is 16.3 Å². The van der Waals surface area contributed by atoms with Crippen LogP contribution in [-0.4, -0.2) is 40.8 Å². The van der Waals surface area contributed by atoms with E-state index >= 15 is 0 Å². The van der Waals surface area contributed by atoms with Gasteiger partial charge in [-0.3, -0.25) is 4.99 Å². The molecule has 0 amide bonds. The molecule has 0 atom stereocenters. The Bertz CT molecular complexity index is 626. The van der Waals surface area contributed by atoms with Gasteiger partial charge in [0.15, 0.2) is 15.8 Å². The van der Waals surface area contributed by atoms with E-state index in [0.717, 1.165) is 37.0 Å². The van der Waals surface area contributed by atoms with Gasteiger partial charge in [-0.05, 0) is 42.9 Å². The van der Waals surface area contributed by atoms with Crippen molar-refractivity contribution < 1.29 is 8.42 Å². The molecule has 136 valence electrons. The summed E-state index contributed by atoms with van der Waals surface area (Å²) in [6, 6.07) is 7.05. The molecule has 0 radical (unpaired) electrons. The molecule has 1 fully saturated rings. The van der Waals surface area contributed by atoms with Crippen molar-refractivity contribution >= 4 is 39.8 Å². The number of sulfone groups is 1. The highest BCUT2D eigenvalue weighted by Crippen LogP contribution is 2.33. The highest BCUT2D eigenvalue weighted by Gasteiger charge is 2.19. The summed E-state index contributed by atoms with van der Waals surface area (Å²) in [5.41, 5.74) is 1.11. The number of benzene rings is 1. The molecule has 24 heavy (non-hydrogen) atoms. The van der Waals surface area contributed by atoms with Crippen molar-refractivity contribution in [2.45, 2.75) is 37.0 Å². The fraction of sp³-hybridized carbons (Fsp3) is 0.588. The van der Waals surface area contributed by atoms with E-state index in [1.54, 1.807) is 19.2 Å². The number of nitrogens with zero attached hydrogens (tertiary/aromatic N) is 1. The maximum absolute atomic E-state index is 11.4. The van der Waals surface area contributed by atoms with Crippen molar-refractivity contribution in [2.24, 2.45) is 10.9 Å². The number of hydrogen-bond acceptors (Lipinski definition) is 3. The summed E-state index contributed by atoms with van der Waals surface area (Å²) in [4.78, 5) is 4.58. The van der Waals surface area contributed by atoms with Crippen molar-refractivity contribution in [3.63, 3.8) is 0 Å². The monoisotopic (exact) mass is 465 g/mol. The Morgan fingerprint density at radius 2 is 1.79 bits per heavy atom. The Balaban J connectivity index is 0.00000288. The van der Waals surface area contributed by atoms with Crippen LogP contribution in [0.25, 0.3) is 0 Å². The SMILES string of the molecule is CN=C(NCCCC1CC1)NCCc1ccc(S(C)(=O)=O)cc1.I. The normalized spacial score (nSPS) is 14.8. The summed E-state index contributed by atoms with van der Waals surface area (Å²) in [7, 11) is -1.34. The molecule has 0 spiro atoms. The fourth-order valence-electron chi connectivity index (χ4n) is 2.45. The average Bonchev–Trinajstić information content (AvgIpc) is 3.33. The van der Waals surface area contributed by atoms with Gasteiger partial charge in [-0.25, -0.2) is 8.42 Å². The fourth-order valence-corrected chi connectivity index (χ4v) is 3.08. The van der Waals surface area contributed by atoms with Crippen LogP contribution in [0.4, 0.5) is 0 Å². The molecule has 1 aromatic carbocycles. The molecule has 1 aliphatic carbocycles. The first kappa shape index (κ1) is 21.2. The Hall–Kier alpha value is -0.830. The van der Waals surface area contributed by atoms with Gasteiger partial charge in [0.25, 0.3) is 0 Å². The molecule has 2 N–H and O–H groups in total. The summed E-state index contributed by atoms with van der Waals surface area (Å²) in [6.07, 6.45) is 7.38. The Morgan fingerprint density at radius 1 is 1.17 bits per heavy atom. The highest BCUT2D eigenvalue weighted by molar-refractivity contribution is 14.0. The quantitative estimate of drug-likeness (QED) is 0.268. The average molecular weight is 465 g/mol. The van der Waals surface area contributed by atoms with Gasteiger partial charge in [0.1, 0.15) is 0 Å². The molecule has 0 bridgehead atoms. The molecule has 1 saturated carbocycles. The third kappa shape index (κ3) is 7.83. The molecule has 7 heteroatoms. The smallest absolute Gasteiger partial charge is 0.190 e. The van der Waals surface area contributed by atoms with Crippen molar-refractivity contribution in [1.29, 1.82) is 0 Å². The molecule has 0 aromatic heterocycles. The van der Waals surface area contributed by atoms with Crippen molar-refractivity contribution in [3.05, 3.63) is 29.8 Å². The first-order chi connectivity index (χ1) is 11.0. The zero-order valence-electron chi connectivity index (χ0n) is 14.4. The summed E-state index contributed by atoms with van der Waals surface area (Å²) in [5, 5.41) is 6.61. The van der Waals surface area contributed by atoms with Crippen molar-refractivity contribution in [2.75, 3.05) is 26.4 Å². The summed E-state index contributed by atoms with van der Waals surface area (Å²) in [5.74, 6) is 1.80. The molecule has 2 rings (SSSR count). The van der Waals surface area contributed by atoms with E-state index in [-0.39, 0.29) is 24.0 Å². The predicted molar refractivity (Wildman–Crippen MR) is 110 cm³/mol. The molecule has 0 saturated heterocycles. The van der Waals surface area contributed by atoms with Crippen LogP contribution in [0.2, 0.25) is 0 Å². The van der Waals surface area contributed by atoms with Crippen LogP contribution in [0.1, 0.15) is 31.2 Å². The lowest BCUT2D eigenvalue weighted by Crippen LogP contribution is -2.38. The van der Waals surface area contributed by atoms with Crippen LogP contribution >= 0.6 is 24.0 Å². The van der Waals surface area contributed by atoms with E-state index in [1.165, 1.54) is 31.9 Å². The van der Waals surface area contributed by atoms with Gasteiger partial charge in [0, 0.05) is 26.4 Å². The molecule has 0 heterocycles. The third-order valence-electron chi connectivity index (χ3n) is 4.06. The van der Waals surface area contributed by atoms with E-state index in [9.17, 15) is 8.42 Å². The van der Waals surface area contributed by atoms with Crippen LogP contribution in [0.3, 0.4) is 0 Å². The van der Waals surface area contributed by atoms with Crippen LogP contribution in [0.5, 0.6) is 0 Å². The molecular formula is C17H28IN3O2S. The van der Waals surface area contributed by atoms with Gasteiger partial charge in [0.2, 0.25) is 0 Å². The highest BCUT2D eigenvalue weighted by atomic mass is 127. The largest absolute Gasteiger partial charge is 0.356 e. The minimum Gasteiger partial charge on any atom is -0.356 e. The van der Waals surface area contributed by atoms with Gasteiger partial charge >= 0.3 is 0 Å². The van der Waals surface area contributed by atoms with Crippen LogP contribution in [0.15, 0.2) is 34.2 Å². The topological polar surface area (TPSA) is 70.6 Å². The first-order valence-electron chi connectivity index (χ1n) is 8.22. The second-order valence-corrected chi connectivity index (χ2v) is 8.19. The summed E-state index contributed by atoms with van der Waals surface area (Å²) in [6.45, 7) is 1.72. The number of nitrogens with one attached hydrogen (secondary N) is 2. The van der Waals surface area contributed by atoms with E-state index in [0.29, 0.717) is 4.90 Å². The predicted octanol–water partition coefficient (Wildman–Crippen LogP) is 2.61. The molecular weight excluding hydrogens is 437 g/mol. The van der Waals surface area contributed by atoms with E-state index in [4.69, 9.17) is 0 Å². The second kappa shape index (κ2) is 10.2. The number of aliphatic imine (C=N–C) groups is 1. The lowest BCUT2D eigenvalue weighted by atomic mass is 10.1. The standard InChI is InChI=1S/C17H27N3O2S.HI/c1-18-17(19-12-3-4-14-5-6-14)20-13-11-15-7-9-16(10-8-15)23(2,21)22;/h7-10,14H,3-6,11-13H2,1-2H3,(H2,18,19,20);1H. The first-order valence-corrected chi connectivity index (χ1v) is 10.1. The number of hydrogen-bond donors (Lipinski definition) is 2. The Kier molecular flexibility index (Phi) is 9.04. The van der Waals surface area contributed by atoms with Crippen LogP contribution < -0.4 is 10.6 Å². The minimum atomic E-state index is -3.12. The van der Waals surface area contributed by atoms with Gasteiger partial charge in [-0.2, -0.15) is 0 Å². The second-order valence-electron chi connectivity index (χ2n) is 6.18. The molecule has 0 aliphatic heterocycles. The zero-order valence-corrected chi connectivity index (χ0v) is 17.6. The van der Waals surface area contributed by atoms with E-state index in [1.807, 2.05) is 12.1 Å². The van der Waals surface area contributed by atoms with E-state index < -0.39 is 9.84 Å². The molecule has 1 aromatic rings. The lowest BCUT2D eigenvalue weighted by Gasteiger charge is -2.12. The lowest BCUT2D eigenvalue weighted by molar-refractivity contribution is 0.602. The maximum atomic E-state index is 11.4. The maximum Gasteiger partial charge on any atom is 0.190 e. The Morgan fingerprint density at radius 3 is 2.33 bits per heavy atom. The zero-order chi connectivity index (χ0) is 16.7. The number of halogens is 1. The molecule has 1 aliphatic rings. The summed E-state index contributed by atoms with van der Waals surface area (Å²) < 4.78 is 22.8. The molecule has 0 unspecified atom stereocenters. The Labute approximate surface area is 162 Å².